The second kappa shape index (κ2) is 9.41. The van der Waals surface area contributed by atoms with Gasteiger partial charge in [0.05, 0.1) is 11.1 Å². The van der Waals surface area contributed by atoms with Gasteiger partial charge < -0.3 is 19.5 Å². The summed E-state index contributed by atoms with van der Waals surface area (Å²) in [5, 5.41) is 3.50. The summed E-state index contributed by atoms with van der Waals surface area (Å²) in [6, 6.07) is 6.97. The van der Waals surface area contributed by atoms with Gasteiger partial charge in [0.2, 0.25) is 0 Å². The molecule has 21 heavy (non-hydrogen) atoms. The minimum absolute atomic E-state index is 0.561. The van der Waals surface area contributed by atoms with Gasteiger partial charge in [0.15, 0.2) is 0 Å². The van der Waals surface area contributed by atoms with Crippen molar-refractivity contribution in [1.82, 2.24) is 5.32 Å². The van der Waals surface area contributed by atoms with Crippen LogP contribution in [0.1, 0.15) is 24.8 Å². The second-order valence-electron chi connectivity index (χ2n) is 5.23. The predicted molar refractivity (Wildman–Crippen MR) is 86.8 cm³/mol. The molecule has 118 valence electrons. The third-order valence-corrected chi connectivity index (χ3v) is 3.91. The molecule has 0 spiro atoms. The van der Waals surface area contributed by atoms with E-state index >= 15 is 0 Å². The van der Waals surface area contributed by atoms with Crippen molar-refractivity contribution in [1.29, 1.82) is 0 Å². The molecule has 1 aliphatic carbocycles. The smallest absolute Gasteiger partial charge is 0.133 e. The van der Waals surface area contributed by atoms with Crippen LogP contribution in [0.2, 0.25) is 0 Å². The number of ether oxygens (including phenoxy) is 3. The summed E-state index contributed by atoms with van der Waals surface area (Å²) < 4.78 is 17.1. The maximum absolute atomic E-state index is 5.71. The van der Waals surface area contributed by atoms with Crippen LogP contribution in [0.15, 0.2) is 22.7 Å². The molecule has 1 saturated carbocycles. The maximum Gasteiger partial charge on any atom is 0.133 e. The predicted octanol–water partition coefficient (Wildman–Crippen LogP) is 3.13. The van der Waals surface area contributed by atoms with Crippen molar-refractivity contribution in [2.75, 3.05) is 33.5 Å². The highest BCUT2D eigenvalue weighted by Gasteiger charge is 2.19. The van der Waals surface area contributed by atoms with E-state index in [9.17, 15) is 0 Å². The summed E-state index contributed by atoms with van der Waals surface area (Å²) in [5.74, 6) is 0.866. The minimum Gasteiger partial charge on any atom is -0.490 e. The average molecular weight is 358 g/mol. The van der Waals surface area contributed by atoms with Crippen molar-refractivity contribution in [3.63, 3.8) is 0 Å². The summed E-state index contributed by atoms with van der Waals surface area (Å²) in [5.41, 5.74) is 1.27. The van der Waals surface area contributed by atoms with Crippen LogP contribution in [0.5, 0.6) is 5.75 Å². The zero-order valence-electron chi connectivity index (χ0n) is 12.6. The van der Waals surface area contributed by atoms with Crippen molar-refractivity contribution >= 4 is 15.9 Å². The number of benzene rings is 1. The van der Waals surface area contributed by atoms with Gasteiger partial charge in [0.25, 0.3) is 0 Å². The van der Waals surface area contributed by atoms with Gasteiger partial charge >= 0.3 is 0 Å². The molecular weight excluding hydrogens is 334 g/mol. The Kier molecular flexibility index (Phi) is 7.50. The minimum atomic E-state index is 0.561. The fourth-order valence-corrected chi connectivity index (χ4v) is 2.48. The van der Waals surface area contributed by atoms with Crippen LogP contribution in [0.3, 0.4) is 0 Å². The fraction of sp³-hybridized carbons (Fsp3) is 0.625. The Morgan fingerprint density at radius 1 is 1.19 bits per heavy atom. The first-order valence-electron chi connectivity index (χ1n) is 7.51. The molecular formula is C16H24BrNO3. The zero-order chi connectivity index (χ0) is 14.9. The highest BCUT2D eigenvalue weighted by atomic mass is 79.9. The first-order valence-corrected chi connectivity index (χ1v) is 8.30. The van der Waals surface area contributed by atoms with Gasteiger partial charge in [-0.2, -0.15) is 0 Å². The van der Waals surface area contributed by atoms with E-state index in [2.05, 4.69) is 33.4 Å². The molecule has 0 heterocycles. The lowest BCUT2D eigenvalue weighted by atomic mass is 10.2. The Labute approximate surface area is 135 Å². The molecule has 0 aliphatic heterocycles. The third-order valence-electron chi connectivity index (χ3n) is 3.29. The van der Waals surface area contributed by atoms with Gasteiger partial charge in [0.1, 0.15) is 12.4 Å². The van der Waals surface area contributed by atoms with E-state index in [1.54, 1.807) is 7.11 Å². The van der Waals surface area contributed by atoms with E-state index in [1.165, 1.54) is 18.4 Å². The Balaban J connectivity index is 1.63. The van der Waals surface area contributed by atoms with Gasteiger partial charge in [-0.3, -0.25) is 0 Å². The van der Waals surface area contributed by atoms with Crippen LogP contribution in [0, 0.1) is 0 Å². The van der Waals surface area contributed by atoms with Crippen LogP contribution >= 0.6 is 15.9 Å². The molecule has 1 fully saturated rings. The zero-order valence-corrected chi connectivity index (χ0v) is 14.2. The molecule has 0 aromatic heterocycles. The molecule has 1 aromatic carbocycles. The Morgan fingerprint density at radius 3 is 2.76 bits per heavy atom. The average Bonchev–Trinajstić information content (AvgIpc) is 3.30. The molecule has 0 unspecified atom stereocenters. The topological polar surface area (TPSA) is 39.7 Å². The number of nitrogens with one attached hydrogen (secondary N) is 1. The van der Waals surface area contributed by atoms with Crippen LogP contribution < -0.4 is 10.1 Å². The van der Waals surface area contributed by atoms with Gasteiger partial charge in [-0.25, -0.2) is 0 Å². The van der Waals surface area contributed by atoms with Gasteiger partial charge in [-0.1, -0.05) is 6.07 Å². The number of hydrogen-bond acceptors (Lipinski definition) is 4. The lowest BCUT2D eigenvalue weighted by molar-refractivity contribution is 0.0805. The Bertz CT molecular complexity index is 424. The van der Waals surface area contributed by atoms with E-state index in [4.69, 9.17) is 14.2 Å². The molecule has 0 bridgehead atoms. The van der Waals surface area contributed by atoms with Crippen LogP contribution in [-0.2, 0) is 16.0 Å². The fourth-order valence-electron chi connectivity index (χ4n) is 1.94. The van der Waals surface area contributed by atoms with Gasteiger partial charge in [-0.15, -0.1) is 0 Å². The largest absolute Gasteiger partial charge is 0.490 e. The second-order valence-corrected chi connectivity index (χ2v) is 6.08. The van der Waals surface area contributed by atoms with Crippen molar-refractivity contribution in [2.24, 2.45) is 0 Å². The van der Waals surface area contributed by atoms with E-state index in [-0.39, 0.29) is 0 Å². The molecule has 1 aliphatic rings. The molecule has 5 heteroatoms. The molecule has 2 rings (SSSR count). The molecule has 0 atom stereocenters. The van der Waals surface area contributed by atoms with E-state index < -0.39 is 0 Å². The van der Waals surface area contributed by atoms with Crippen molar-refractivity contribution in [3.05, 3.63) is 28.2 Å². The lowest BCUT2D eigenvalue weighted by Gasteiger charge is -2.10. The number of rotatable bonds is 11. The summed E-state index contributed by atoms with van der Waals surface area (Å²) in [7, 11) is 1.70. The van der Waals surface area contributed by atoms with Crippen LogP contribution in [0.4, 0.5) is 0 Å². The first-order chi connectivity index (χ1) is 10.3. The van der Waals surface area contributed by atoms with Crippen molar-refractivity contribution in [2.45, 2.75) is 31.8 Å². The summed E-state index contributed by atoms with van der Waals surface area (Å²) in [6.45, 7) is 3.53. The highest BCUT2D eigenvalue weighted by Crippen LogP contribution is 2.26. The summed E-state index contributed by atoms with van der Waals surface area (Å²) in [6.07, 6.45) is 3.54. The summed E-state index contributed by atoms with van der Waals surface area (Å²) in [4.78, 5) is 0. The molecule has 1 N–H and O–H groups in total. The van der Waals surface area contributed by atoms with Crippen molar-refractivity contribution < 1.29 is 14.2 Å². The monoisotopic (exact) mass is 357 g/mol. The summed E-state index contributed by atoms with van der Waals surface area (Å²) >= 11 is 3.56. The molecule has 4 nitrogen and oxygen atoms in total. The highest BCUT2D eigenvalue weighted by molar-refractivity contribution is 9.10. The van der Waals surface area contributed by atoms with Gasteiger partial charge in [0, 0.05) is 32.9 Å². The van der Waals surface area contributed by atoms with Crippen molar-refractivity contribution in [3.8, 4) is 5.75 Å². The van der Waals surface area contributed by atoms with Gasteiger partial charge in [-0.05, 0) is 52.9 Å². The van der Waals surface area contributed by atoms with E-state index in [0.29, 0.717) is 19.8 Å². The lowest BCUT2D eigenvalue weighted by Crippen LogP contribution is -2.15. The molecule has 1 aromatic rings. The normalized spacial score (nSPS) is 14.4. The standard InChI is InChI=1S/C16H24BrNO3/c1-19-7-2-8-20-9-10-21-16-6-3-13(11-15(16)17)12-18-14-4-5-14/h3,6,11,14,18H,2,4-5,7-10,12H2,1H3. The number of hydrogen-bond donors (Lipinski definition) is 1. The Morgan fingerprint density at radius 2 is 2.05 bits per heavy atom. The SMILES string of the molecule is COCCCOCCOc1ccc(CNC2CC2)cc1Br. The maximum atomic E-state index is 5.71. The van der Waals surface area contributed by atoms with E-state index in [1.807, 2.05) is 6.07 Å². The molecule has 0 saturated heterocycles. The van der Waals surface area contributed by atoms with E-state index in [0.717, 1.165) is 35.8 Å². The number of methoxy groups -OCH3 is 1. The molecule has 0 amide bonds. The first kappa shape index (κ1) is 16.7. The van der Waals surface area contributed by atoms with Crippen LogP contribution in [0.25, 0.3) is 0 Å². The third kappa shape index (κ3) is 6.78. The molecule has 0 radical (unpaired) electrons. The van der Waals surface area contributed by atoms with Crippen LogP contribution in [-0.4, -0.2) is 39.6 Å². The Hall–Kier alpha value is -0.620. The quantitative estimate of drug-likeness (QED) is 0.617. The number of halogens is 1.